The molecule has 7 heteroatoms. The molecule has 1 N–H and O–H groups in total. The Bertz CT molecular complexity index is 775. The van der Waals surface area contributed by atoms with Crippen molar-refractivity contribution in [3.8, 4) is 5.95 Å². The summed E-state index contributed by atoms with van der Waals surface area (Å²) in [6.45, 7) is 0. The number of hydrogen-bond donors (Lipinski definition) is 1. The molecule has 0 aliphatic carbocycles. The van der Waals surface area contributed by atoms with E-state index in [1.54, 1.807) is 30.9 Å². The molecule has 1 amide bonds. The number of nitrogens with zero attached hydrogens (tertiary/aromatic N) is 4. The van der Waals surface area contributed by atoms with Gasteiger partial charge in [-0.15, -0.1) is 11.8 Å². The van der Waals surface area contributed by atoms with Gasteiger partial charge in [-0.1, -0.05) is 30.3 Å². The van der Waals surface area contributed by atoms with E-state index >= 15 is 0 Å². The SMILES string of the molecule is CSC(C(=O)Nc1cnn(-c2ncccn2)c1)c1ccccc1. The Labute approximate surface area is 138 Å². The minimum atomic E-state index is -0.271. The minimum absolute atomic E-state index is 0.0859. The number of aromatic nitrogens is 4. The van der Waals surface area contributed by atoms with Gasteiger partial charge in [0.25, 0.3) is 0 Å². The van der Waals surface area contributed by atoms with Crippen LogP contribution in [0.5, 0.6) is 0 Å². The maximum atomic E-state index is 12.5. The van der Waals surface area contributed by atoms with Gasteiger partial charge >= 0.3 is 0 Å². The van der Waals surface area contributed by atoms with Gasteiger partial charge in [0.15, 0.2) is 0 Å². The monoisotopic (exact) mass is 325 g/mol. The van der Waals surface area contributed by atoms with Crippen LogP contribution in [0.1, 0.15) is 10.8 Å². The number of rotatable bonds is 5. The van der Waals surface area contributed by atoms with E-state index in [4.69, 9.17) is 0 Å². The number of thioether (sulfide) groups is 1. The molecule has 1 unspecified atom stereocenters. The average Bonchev–Trinajstić information content (AvgIpc) is 3.06. The molecule has 1 aromatic carbocycles. The first-order valence-corrected chi connectivity index (χ1v) is 8.27. The van der Waals surface area contributed by atoms with Crippen LogP contribution in [0.2, 0.25) is 0 Å². The predicted octanol–water partition coefficient (Wildman–Crippen LogP) is 2.71. The van der Waals surface area contributed by atoms with Crippen LogP contribution in [0.4, 0.5) is 5.69 Å². The van der Waals surface area contributed by atoms with Crippen molar-refractivity contribution >= 4 is 23.4 Å². The van der Waals surface area contributed by atoms with E-state index in [9.17, 15) is 4.79 Å². The Kier molecular flexibility index (Phi) is 4.68. The third-order valence-electron chi connectivity index (χ3n) is 3.18. The molecule has 0 bridgehead atoms. The van der Waals surface area contributed by atoms with E-state index in [-0.39, 0.29) is 11.2 Å². The summed E-state index contributed by atoms with van der Waals surface area (Å²) in [5, 5.41) is 6.78. The van der Waals surface area contributed by atoms with Crippen LogP contribution in [-0.2, 0) is 4.79 Å². The molecule has 0 aliphatic rings. The van der Waals surface area contributed by atoms with E-state index in [0.29, 0.717) is 11.6 Å². The lowest BCUT2D eigenvalue weighted by molar-refractivity contribution is -0.115. The van der Waals surface area contributed by atoms with Crippen molar-refractivity contribution in [2.45, 2.75) is 5.25 Å². The van der Waals surface area contributed by atoms with E-state index in [1.165, 1.54) is 16.4 Å². The molecule has 23 heavy (non-hydrogen) atoms. The second kappa shape index (κ2) is 7.06. The van der Waals surface area contributed by atoms with Crippen molar-refractivity contribution in [3.63, 3.8) is 0 Å². The normalized spacial score (nSPS) is 11.9. The summed E-state index contributed by atoms with van der Waals surface area (Å²) in [6.07, 6.45) is 8.47. The van der Waals surface area contributed by atoms with Crippen LogP contribution in [-0.4, -0.2) is 31.9 Å². The van der Waals surface area contributed by atoms with E-state index in [1.807, 2.05) is 36.6 Å². The molecule has 3 rings (SSSR count). The molecule has 2 aromatic heterocycles. The number of carbonyl (C=O) groups is 1. The Hall–Kier alpha value is -2.67. The quantitative estimate of drug-likeness (QED) is 0.781. The summed E-state index contributed by atoms with van der Waals surface area (Å²) >= 11 is 1.49. The van der Waals surface area contributed by atoms with E-state index < -0.39 is 0 Å². The molecular formula is C16H15N5OS. The second-order valence-corrected chi connectivity index (χ2v) is 5.68. The molecule has 0 saturated heterocycles. The fourth-order valence-electron chi connectivity index (χ4n) is 2.14. The Balaban J connectivity index is 1.74. The number of carbonyl (C=O) groups excluding carboxylic acids is 1. The van der Waals surface area contributed by atoms with Gasteiger partial charge in [-0.25, -0.2) is 14.6 Å². The minimum Gasteiger partial charge on any atom is -0.322 e. The molecule has 116 valence electrons. The summed E-state index contributed by atoms with van der Waals surface area (Å²) in [5.41, 5.74) is 1.58. The summed E-state index contributed by atoms with van der Waals surface area (Å²) in [4.78, 5) is 20.7. The lowest BCUT2D eigenvalue weighted by atomic mass is 10.1. The van der Waals surface area contributed by atoms with Crippen molar-refractivity contribution in [2.24, 2.45) is 0 Å². The van der Waals surface area contributed by atoms with Crippen LogP contribution in [0.25, 0.3) is 5.95 Å². The molecule has 0 saturated carbocycles. The van der Waals surface area contributed by atoms with Crippen molar-refractivity contribution in [2.75, 3.05) is 11.6 Å². The van der Waals surface area contributed by atoms with Crippen LogP contribution >= 0.6 is 11.8 Å². The number of anilines is 1. The van der Waals surface area contributed by atoms with Crippen molar-refractivity contribution in [1.82, 2.24) is 19.7 Å². The van der Waals surface area contributed by atoms with Gasteiger partial charge in [0.05, 0.1) is 18.1 Å². The third kappa shape index (κ3) is 3.57. The summed E-state index contributed by atoms with van der Waals surface area (Å²) in [7, 11) is 0. The predicted molar refractivity (Wildman–Crippen MR) is 90.5 cm³/mol. The maximum Gasteiger partial charge on any atom is 0.250 e. The number of benzene rings is 1. The highest BCUT2D eigenvalue weighted by Gasteiger charge is 2.19. The number of nitrogens with one attached hydrogen (secondary N) is 1. The summed E-state index contributed by atoms with van der Waals surface area (Å²) in [5.74, 6) is 0.370. The van der Waals surface area contributed by atoms with E-state index in [2.05, 4.69) is 20.4 Å². The summed E-state index contributed by atoms with van der Waals surface area (Å²) in [6, 6.07) is 11.4. The van der Waals surface area contributed by atoms with Gasteiger partial charge in [0.2, 0.25) is 11.9 Å². The topological polar surface area (TPSA) is 72.7 Å². The fraction of sp³-hybridized carbons (Fsp3) is 0.125. The first-order valence-electron chi connectivity index (χ1n) is 6.98. The van der Waals surface area contributed by atoms with E-state index in [0.717, 1.165) is 5.56 Å². The van der Waals surface area contributed by atoms with Gasteiger partial charge in [-0.3, -0.25) is 4.79 Å². The molecule has 3 aromatic rings. The molecule has 0 fully saturated rings. The Morgan fingerprint density at radius 2 is 1.91 bits per heavy atom. The molecule has 0 aliphatic heterocycles. The average molecular weight is 325 g/mol. The largest absolute Gasteiger partial charge is 0.322 e. The first-order chi connectivity index (χ1) is 11.3. The van der Waals surface area contributed by atoms with Gasteiger partial charge in [0.1, 0.15) is 5.25 Å². The van der Waals surface area contributed by atoms with Gasteiger partial charge in [-0.2, -0.15) is 5.10 Å². The molecule has 0 spiro atoms. The smallest absolute Gasteiger partial charge is 0.250 e. The summed E-state index contributed by atoms with van der Waals surface area (Å²) < 4.78 is 1.52. The van der Waals surface area contributed by atoms with Crippen molar-refractivity contribution in [3.05, 3.63) is 66.7 Å². The van der Waals surface area contributed by atoms with Crippen molar-refractivity contribution in [1.29, 1.82) is 0 Å². The molecule has 0 radical (unpaired) electrons. The molecular weight excluding hydrogens is 310 g/mol. The fourth-order valence-corrected chi connectivity index (χ4v) is 2.84. The highest BCUT2D eigenvalue weighted by molar-refractivity contribution is 7.99. The standard InChI is InChI=1S/C16H15N5OS/c1-23-14(12-6-3-2-4-7-12)15(22)20-13-10-19-21(11-13)16-17-8-5-9-18-16/h2-11,14H,1H3,(H,20,22). The number of amides is 1. The van der Waals surface area contributed by atoms with Gasteiger partial charge < -0.3 is 5.32 Å². The third-order valence-corrected chi connectivity index (χ3v) is 4.14. The maximum absolute atomic E-state index is 12.5. The lowest BCUT2D eigenvalue weighted by Crippen LogP contribution is -2.18. The Morgan fingerprint density at radius 1 is 1.17 bits per heavy atom. The first kappa shape index (κ1) is 15.2. The zero-order valence-electron chi connectivity index (χ0n) is 12.5. The van der Waals surface area contributed by atoms with Crippen LogP contribution in [0.3, 0.4) is 0 Å². The second-order valence-electron chi connectivity index (χ2n) is 4.74. The Morgan fingerprint density at radius 3 is 2.61 bits per heavy atom. The van der Waals surface area contributed by atoms with Gasteiger partial charge in [-0.05, 0) is 17.9 Å². The zero-order chi connectivity index (χ0) is 16.1. The van der Waals surface area contributed by atoms with Gasteiger partial charge in [0, 0.05) is 12.4 Å². The van der Waals surface area contributed by atoms with Crippen LogP contribution in [0.15, 0.2) is 61.2 Å². The van der Waals surface area contributed by atoms with Crippen LogP contribution in [0, 0.1) is 0 Å². The highest BCUT2D eigenvalue weighted by atomic mass is 32.2. The number of hydrogen-bond acceptors (Lipinski definition) is 5. The van der Waals surface area contributed by atoms with Crippen LogP contribution < -0.4 is 5.32 Å². The molecule has 6 nitrogen and oxygen atoms in total. The highest BCUT2D eigenvalue weighted by Crippen LogP contribution is 2.27. The molecule has 1 atom stereocenters. The molecule has 2 heterocycles. The van der Waals surface area contributed by atoms with Crippen molar-refractivity contribution < 1.29 is 4.79 Å². The zero-order valence-corrected chi connectivity index (χ0v) is 13.3. The lowest BCUT2D eigenvalue weighted by Gasteiger charge is -2.13.